The van der Waals surface area contributed by atoms with Crippen molar-refractivity contribution in [1.82, 2.24) is 14.7 Å². The van der Waals surface area contributed by atoms with Crippen LogP contribution in [0, 0.1) is 0 Å². The van der Waals surface area contributed by atoms with Gasteiger partial charge < -0.3 is 19.3 Å². The molecule has 0 bridgehead atoms. The Morgan fingerprint density at radius 2 is 0.761 bits per heavy atom. The molecule has 274 valence electrons. The minimum Gasteiger partial charge on any atom is -0.464 e. The summed E-state index contributed by atoms with van der Waals surface area (Å²) in [5, 5.41) is 0. The summed E-state index contributed by atoms with van der Waals surface area (Å²) in [5.41, 5.74) is 0. The van der Waals surface area contributed by atoms with E-state index < -0.39 is 0 Å². The first-order valence-electron chi connectivity index (χ1n) is 19.9. The lowest BCUT2D eigenvalue weighted by Gasteiger charge is -2.24. The van der Waals surface area contributed by atoms with Crippen molar-refractivity contribution in [2.24, 2.45) is 0 Å². The summed E-state index contributed by atoms with van der Waals surface area (Å²) in [6, 6.07) is 0. The lowest BCUT2D eigenvalue weighted by molar-refractivity contribution is -0.144. The van der Waals surface area contributed by atoms with E-state index in [1.807, 2.05) is 0 Å². The van der Waals surface area contributed by atoms with Gasteiger partial charge in [0.2, 0.25) is 0 Å². The molecule has 7 nitrogen and oxygen atoms in total. The molecule has 0 saturated heterocycles. The Kier molecular flexibility index (Phi) is 34.2. The third kappa shape index (κ3) is 31.4. The van der Waals surface area contributed by atoms with Gasteiger partial charge in [-0.05, 0) is 72.0 Å². The average molecular weight is 654 g/mol. The molecule has 0 heterocycles. The van der Waals surface area contributed by atoms with Crippen LogP contribution < -0.4 is 0 Å². The van der Waals surface area contributed by atoms with Gasteiger partial charge >= 0.3 is 11.9 Å². The summed E-state index contributed by atoms with van der Waals surface area (Å²) in [7, 11) is 2.20. The molecular weight excluding hydrogens is 574 g/mol. The summed E-state index contributed by atoms with van der Waals surface area (Å²) in [5.74, 6) is -0.161. The van der Waals surface area contributed by atoms with Gasteiger partial charge in [0.1, 0.15) is 13.2 Å². The third-order valence-corrected chi connectivity index (χ3v) is 9.23. The minimum atomic E-state index is -0.0804. The topological polar surface area (TPSA) is 62.3 Å². The van der Waals surface area contributed by atoms with E-state index in [9.17, 15) is 9.59 Å². The molecule has 0 atom stereocenters. The summed E-state index contributed by atoms with van der Waals surface area (Å²) < 4.78 is 11.2. The van der Waals surface area contributed by atoms with E-state index in [4.69, 9.17) is 9.47 Å². The lowest BCUT2D eigenvalue weighted by Crippen LogP contribution is -2.35. The summed E-state index contributed by atoms with van der Waals surface area (Å²) in [6.45, 7) is 17.6. The summed E-state index contributed by atoms with van der Waals surface area (Å²) >= 11 is 0. The van der Waals surface area contributed by atoms with Crippen LogP contribution in [-0.4, -0.2) is 99.3 Å². The zero-order valence-electron chi connectivity index (χ0n) is 31.6. The van der Waals surface area contributed by atoms with Crippen LogP contribution in [0.1, 0.15) is 169 Å². The van der Waals surface area contributed by atoms with Crippen molar-refractivity contribution in [3.63, 3.8) is 0 Å². The van der Waals surface area contributed by atoms with Crippen molar-refractivity contribution >= 4 is 11.9 Å². The fourth-order valence-corrected chi connectivity index (χ4v) is 6.00. The van der Waals surface area contributed by atoms with Crippen molar-refractivity contribution < 1.29 is 19.1 Å². The van der Waals surface area contributed by atoms with Crippen molar-refractivity contribution in [1.29, 1.82) is 0 Å². The van der Waals surface area contributed by atoms with Gasteiger partial charge in [0, 0.05) is 25.9 Å². The van der Waals surface area contributed by atoms with E-state index in [2.05, 4.69) is 49.4 Å². The molecule has 0 amide bonds. The second-order valence-corrected chi connectivity index (χ2v) is 13.5. The molecule has 0 aromatic rings. The number of unbranched alkanes of at least 4 members (excludes halogenated alkanes) is 16. The van der Waals surface area contributed by atoms with Crippen molar-refractivity contribution in [3.8, 4) is 0 Å². The number of hydrogen-bond donors (Lipinski definition) is 0. The van der Waals surface area contributed by atoms with Crippen LogP contribution in [0.15, 0.2) is 0 Å². The highest BCUT2D eigenvalue weighted by Gasteiger charge is 2.11. The van der Waals surface area contributed by atoms with Crippen LogP contribution in [0.3, 0.4) is 0 Å². The zero-order chi connectivity index (χ0) is 33.9. The lowest BCUT2D eigenvalue weighted by atomic mass is 10.1. The van der Waals surface area contributed by atoms with E-state index in [1.54, 1.807) is 0 Å². The molecule has 46 heavy (non-hydrogen) atoms. The molecule has 0 saturated carbocycles. The molecule has 0 unspecified atom stereocenters. The van der Waals surface area contributed by atoms with E-state index in [0.717, 1.165) is 71.4 Å². The molecule has 0 aliphatic rings. The first-order chi connectivity index (χ1) is 22.5. The van der Waals surface area contributed by atoms with E-state index in [0.29, 0.717) is 39.1 Å². The number of carbonyl (C=O) groups excluding carboxylic acids is 2. The fraction of sp³-hybridized carbons (Fsp3) is 0.949. The summed E-state index contributed by atoms with van der Waals surface area (Å²) in [6.07, 6.45) is 25.7. The number of rotatable bonds is 36. The number of ether oxygens (including phenoxy) is 2. The van der Waals surface area contributed by atoms with Crippen LogP contribution >= 0.6 is 0 Å². The molecule has 0 radical (unpaired) electrons. The fourth-order valence-electron chi connectivity index (χ4n) is 6.00. The monoisotopic (exact) mass is 654 g/mol. The Morgan fingerprint density at radius 1 is 0.413 bits per heavy atom. The van der Waals surface area contributed by atoms with Crippen LogP contribution in [0.5, 0.6) is 0 Å². The second-order valence-electron chi connectivity index (χ2n) is 13.5. The highest BCUT2D eigenvalue weighted by molar-refractivity contribution is 5.69. The molecule has 0 aliphatic carbocycles. The normalized spacial score (nSPS) is 11.7. The zero-order valence-corrected chi connectivity index (χ0v) is 31.6. The van der Waals surface area contributed by atoms with E-state index in [-0.39, 0.29) is 11.9 Å². The van der Waals surface area contributed by atoms with E-state index >= 15 is 0 Å². The third-order valence-electron chi connectivity index (χ3n) is 9.23. The number of esters is 2. The molecule has 0 rings (SSSR count). The van der Waals surface area contributed by atoms with Gasteiger partial charge in [-0.25, -0.2) is 0 Å². The smallest absolute Gasteiger partial charge is 0.305 e. The molecule has 0 aromatic carbocycles. The maximum absolute atomic E-state index is 12.3. The highest BCUT2D eigenvalue weighted by atomic mass is 16.5. The molecule has 0 N–H and O–H groups in total. The maximum Gasteiger partial charge on any atom is 0.305 e. The Morgan fingerprint density at radius 3 is 1.13 bits per heavy atom. The van der Waals surface area contributed by atoms with Crippen LogP contribution in [-0.2, 0) is 19.1 Å². The van der Waals surface area contributed by atoms with Crippen LogP contribution in [0.2, 0.25) is 0 Å². The number of carbonyl (C=O) groups is 2. The Hall–Kier alpha value is -1.18. The molecule has 0 aromatic heterocycles. The number of hydrogen-bond acceptors (Lipinski definition) is 7. The number of nitrogens with zero attached hydrogens (tertiary/aromatic N) is 3. The molecule has 7 heteroatoms. The van der Waals surface area contributed by atoms with Gasteiger partial charge in [0.15, 0.2) is 0 Å². The van der Waals surface area contributed by atoms with Gasteiger partial charge in [-0.15, -0.1) is 0 Å². The molecule has 0 fully saturated rings. The maximum atomic E-state index is 12.3. The van der Waals surface area contributed by atoms with Gasteiger partial charge in [-0.1, -0.05) is 130 Å². The van der Waals surface area contributed by atoms with Crippen LogP contribution in [0.4, 0.5) is 0 Å². The average Bonchev–Trinajstić information content (AvgIpc) is 3.05. The molecular formula is C39H79N3O4. The Balaban J connectivity index is 4.32. The van der Waals surface area contributed by atoms with Crippen LogP contribution in [0.25, 0.3) is 0 Å². The van der Waals surface area contributed by atoms with Crippen molar-refractivity contribution in [2.45, 2.75) is 169 Å². The Bertz CT molecular complexity index is 619. The second kappa shape index (κ2) is 35.1. The van der Waals surface area contributed by atoms with Gasteiger partial charge in [-0.3, -0.25) is 14.5 Å². The predicted molar refractivity (Wildman–Crippen MR) is 197 cm³/mol. The largest absolute Gasteiger partial charge is 0.464 e. The first-order valence-corrected chi connectivity index (χ1v) is 19.9. The molecule has 0 aliphatic heterocycles. The highest BCUT2D eigenvalue weighted by Crippen LogP contribution is 2.12. The molecule has 0 spiro atoms. The predicted octanol–water partition coefficient (Wildman–Crippen LogP) is 9.27. The van der Waals surface area contributed by atoms with Gasteiger partial charge in [-0.2, -0.15) is 0 Å². The van der Waals surface area contributed by atoms with E-state index in [1.165, 1.54) is 96.3 Å². The van der Waals surface area contributed by atoms with Crippen molar-refractivity contribution in [2.75, 3.05) is 72.6 Å². The standard InChI is InChI=1S/C39H79N3O4/c1-6-10-12-14-16-18-20-22-24-28-38(43)45-36-34-42(33-27-31-40(5)30-26-32-41(8-3)9-4)35-37-46-39(44)29-25-23-21-19-17-15-13-11-7-2/h6-37H2,1-5H3. The van der Waals surface area contributed by atoms with Crippen molar-refractivity contribution in [3.05, 3.63) is 0 Å². The minimum absolute atomic E-state index is 0.0804. The SMILES string of the molecule is CCCCCCCCCCCC(=O)OCCN(CCCN(C)CCCN(CC)CC)CCOC(=O)CCCCCCCCCCC. The van der Waals surface area contributed by atoms with Gasteiger partial charge in [0.25, 0.3) is 0 Å². The quantitative estimate of drug-likeness (QED) is 0.0493. The Labute approximate surface area is 286 Å². The summed E-state index contributed by atoms with van der Waals surface area (Å²) in [4.78, 5) is 31.9. The van der Waals surface area contributed by atoms with Gasteiger partial charge in [0.05, 0.1) is 0 Å². The first kappa shape index (κ1) is 44.8.